The number of phenols is 1. The molecule has 3 heterocycles. The first-order chi connectivity index (χ1) is 11.6. The van der Waals surface area contributed by atoms with E-state index in [1.807, 2.05) is 22.2 Å². The molecule has 1 aliphatic heterocycles. The molecule has 0 spiro atoms. The Balaban J connectivity index is 1.73. The van der Waals surface area contributed by atoms with Crippen molar-refractivity contribution in [1.82, 2.24) is 9.78 Å². The van der Waals surface area contributed by atoms with Crippen LogP contribution in [0.15, 0.2) is 41.9 Å². The summed E-state index contributed by atoms with van der Waals surface area (Å²) in [5, 5.41) is 19.3. The molecule has 1 aliphatic rings. The molecule has 5 nitrogen and oxygen atoms in total. The van der Waals surface area contributed by atoms with Crippen molar-refractivity contribution >= 4 is 34.7 Å². The highest BCUT2D eigenvalue weighted by atomic mass is 35.5. The lowest BCUT2D eigenvalue weighted by molar-refractivity contribution is -0.116. The maximum atomic E-state index is 12.2. The van der Waals surface area contributed by atoms with Gasteiger partial charge in [-0.1, -0.05) is 23.7 Å². The van der Waals surface area contributed by atoms with Crippen LogP contribution in [-0.2, 0) is 11.3 Å². The van der Waals surface area contributed by atoms with Crippen LogP contribution in [0.1, 0.15) is 28.3 Å². The minimum atomic E-state index is -0.121. The zero-order valence-electron chi connectivity index (χ0n) is 12.6. The highest BCUT2D eigenvalue weighted by Gasteiger charge is 2.30. The lowest BCUT2D eigenvalue weighted by Gasteiger charge is -2.24. The first kappa shape index (κ1) is 15.2. The van der Waals surface area contributed by atoms with E-state index in [1.54, 1.807) is 35.7 Å². The Morgan fingerprint density at radius 2 is 2.29 bits per heavy atom. The first-order valence-corrected chi connectivity index (χ1v) is 8.74. The van der Waals surface area contributed by atoms with Crippen LogP contribution >= 0.6 is 22.9 Å². The molecule has 7 heteroatoms. The normalized spacial score (nSPS) is 16.7. The van der Waals surface area contributed by atoms with E-state index in [0.29, 0.717) is 13.0 Å². The summed E-state index contributed by atoms with van der Waals surface area (Å²) in [6, 6.07) is 9.10. The summed E-state index contributed by atoms with van der Waals surface area (Å²) in [5.41, 5.74) is 1.86. The van der Waals surface area contributed by atoms with E-state index in [2.05, 4.69) is 10.4 Å². The van der Waals surface area contributed by atoms with E-state index in [1.165, 1.54) is 4.88 Å². The van der Waals surface area contributed by atoms with Gasteiger partial charge in [0.25, 0.3) is 0 Å². The molecule has 2 N–H and O–H groups in total. The van der Waals surface area contributed by atoms with Gasteiger partial charge in [0.05, 0.1) is 17.8 Å². The number of anilines is 1. The van der Waals surface area contributed by atoms with E-state index >= 15 is 0 Å². The molecule has 0 saturated carbocycles. The Hall–Kier alpha value is -2.31. The van der Waals surface area contributed by atoms with E-state index < -0.39 is 0 Å². The van der Waals surface area contributed by atoms with E-state index in [4.69, 9.17) is 11.6 Å². The molecule has 1 aromatic carbocycles. The van der Waals surface area contributed by atoms with Gasteiger partial charge >= 0.3 is 0 Å². The van der Waals surface area contributed by atoms with Gasteiger partial charge in [-0.15, -0.1) is 11.3 Å². The van der Waals surface area contributed by atoms with Gasteiger partial charge in [0, 0.05) is 22.8 Å². The van der Waals surface area contributed by atoms with Gasteiger partial charge in [0.2, 0.25) is 5.91 Å². The van der Waals surface area contributed by atoms with E-state index in [9.17, 15) is 9.90 Å². The zero-order valence-corrected chi connectivity index (χ0v) is 14.1. The summed E-state index contributed by atoms with van der Waals surface area (Å²) >= 11 is 7.68. The third-order valence-corrected chi connectivity index (χ3v) is 5.31. The van der Waals surface area contributed by atoms with Crippen molar-refractivity contribution in [2.45, 2.75) is 18.9 Å². The fourth-order valence-electron chi connectivity index (χ4n) is 2.98. The van der Waals surface area contributed by atoms with E-state index in [-0.39, 0.29) is 22.6 Å². The Morgan fingerprint density at radius 1 is 1.42 bits per heavy atom. The number of carbonyl (C=O) groups is 1. The lowest BCUT2D eigenvalue weighted by atomic mass is 9.87. The molecule has 122 valence electrons. The van der Waals surface area contributed by atoms with Crippen LogP contribution in [0.25, 0.3) is 0 Å². The molecule has 24 heavy (non-hydrogen) atoms. The molecule has 1 unspecified atom stereocenters. The second-order valence-electron chi connectivity index (χ2n) is 5.70. The monoisotopic (exact) mass is 359 g/mol. The Kier molecular flexibility index (Phi) is 3.78. The van der Waals surface area contributed by atoms with Crippen molar-refractivity contribution in [1.29, 1.82) is 0 Å². The molecular weight excluding hydrogens is 346 g/mol. The van der Waals surface area contributed by atoms with Crippen LogP contribution in [0.3, 0.4) is 0 Å². The molecule has 4 rings (SSSR count). The number of aromatic hydroxyl groups is 1. The molecule has 0 bridgehead atoms. The molecule has 2 aromatic heterocycles. The molecule has 3 aromatic rings. The number of benzene rings is 1. The molecule has 0 aliphatic carbocycles. The number of thiophene rings is 1. The standard InChI is InChI=1S/C17H14ClN3O2S/c18-14-6-10(3-4-15(14)22)12-7-16(23)20-17-13(12)8-19-21(17)9-11-2-1-5-24-11/h1-6,8,12,22H,7,9H2,(H,20,23). The van der Waals surface area contributed by atoms with Crippen LogP contribution in [0.5, 0.6) is 5.75 Å². The van der Waals surface area contributed by atoms with Crippen molar-refractivity contribution in [2.24, 2.45) is 0 Å². The minimum Gasteiger partial charge on any atom is -0.506 e. The van der Waals surface area contributed by atoms with Crippen molar-refractivity contribution in [3.05, 3.63) is 62.9 Å². The number of amides is 1. The Morgan fingerprint density at radius 3 is 3.04 bits per heavy atom. The number of nitrogens with zero attached hydrogens (tertiary/aromatic N) is 2. The summed E-state index contributed by atoms with van der Waals surface area (Å²) in [6.45, 7) is 0.621. The van der Waals surface area contributed by atoms with E-state index in [0.717, 1.165) is 16.9 Å². The van der Waals surface area contributed by atoms with Gasteiger partial charge in [0.15, 0.2) is 0 Å². The van der Waals surface area contributed by atoms with Crippen LogP contribution < -0.4 is 5.32 Å². The number of nitrogens with one attached hydrogen (secondary N) is 1. The average Bonchev–Trinajstić information content (AvgIpc) is 3.20. The van der Waals surface area contributed by atoms with Crippen LogP contribution in [-0.4, -0.2) is 20.8 Å². The molecule has 0 radical (unpaired) electrons. The van der Waals surface area contributed by atoms with Gasteiger partial charge in [-0.3, -0.25) is 4.79 Å². The maximum Gasteiger partial charge on any atom is 0.226 e. The summed E-state index contributed by atoms with van der Waals surface area (Å²) < 4.78 is 1.81. The van der Waals surface area contributed by atoms with Crippen LogP contribution in [0.2, 0.25) is 5.02 Å². The summed E-state index contributed by atoms with van der Waals surface area (Å²) in [4.78, 5) is 13.4. The second kappa shape index (κ2) is 5.96. The molecule has 1 amide bonds. The van der Waals surface area contributed by atoms with Gasteiger partial charge in [0.1, 0.15) is 11.6 Å². The topological polar surface area (TPSA) is 67.1 Å². The molecular formula is C17H14ClN3O2S. The number of hydrogen-bond acceptors (Lipinski definition) is 4. The molecule has 0 fully saturated rings. The van der Waals surface area contributed by atoms with Crippen LogP contribution in [0.4, 0.5) is 5.82 Å². The van der Waals surface area contributed by atoms with Crippen molar-refractivity contribution in [3.63, 3.8) is 0 Å². The second-order valence-corrected chi connectivity index (χ2v) is 7.14. The fourth-order valence-corrected chi connectivity index (χ4v) is 3.85. The fraction of sp³-hybridized carbons (Fsp3) is 0.176. The SMILES string of the molecule is O=C1CC(c2ccc(O)c(Cl)c2)c2cnn(Cc3cccs3)c2N1. The number of hydrogen-bond donors (Lipinski definition) is 2. The average molecular weight is 360 g/mol. The van der Waals surface area contributed by atoms with Crippen LogP contribution in [0, 0.1) is 0 Å². The number of aromatic nitrogens is 2. The maximum absolute atomic E-state index is 12.2. The summed E-state index contributed by atoms with van der Waals surface area (Å²) in [7, 11) is 0. The third-order valence-electron chi connectivity index (χ3n) is 4.15. The number of carbonyl (C=O) groups excluding carboxylic acids is 1. The minimum absolute atomic E-state index is 0.0364. The molecule has 1 atom stereocenters. The lowest BCUT2D eigenvalue weighted by Crippen LogP contribution is -2.25. The largest absolute Gasteiger partial charge is 0.506 e. The van der Waals surface area contributed by atoms with Crippen molar-refractivity contribution in [3.8, 4) is 5.75 Å². The van der Waals surface area contributed by atoms with Gasteiger partial charge in [-0.25, -0.2) is 4.68 Å². The van der Waals surface area contributed by atoms with Gasteiger partial charge < -0.3 is 10.4 Å². The number of rotatable bonds is 3. The highest BCUT2D eigenvalue weighted by Crippen LogP contribution is 2.39. The Labute approximate surface area is 147 Å². The predicted octanol–water partition coefficient (Wildman–Crippen LogP) is 3.83. The molecule has 0 saturated heterocycles. The van der Waals surface area contributed by atoms with Gasteiger partial charge in [-0.05, 0) is 29.1 Å². The number of fused-ring (bicyclic) bond motifs is 1. The summed E-state index contributed by atoms with van der Waals surface area (Å²) in [5.74, 6) is 0.594. The third kappa shape index (κ3) is 2.68. The van der Waals surface area contributed by atoms with Crippen molar-refractivity contribution in [2.75, 3.05) is 5.32 Å². The quantitative estimate of drug-likeness (QED) is 0.747. The number of phenolic OH excluding ortho intramolecular Hbond substituents is 1. The highest BCUT2D eigenvalue weighted by molar-refractivity contribution is 7.09. The smallest absolute Gasteiger partial charge is 0.226 e. The first-order valence-electron chi connectivity index (χ1n) is 7.48. The van der Waals surface area contributed by atoms with Gasteiger partial charge in [-0.2, -0.15) is 5.10 Å². The number of halogens is 1. The zero-order chi connectivity index (χ0) is 16.7. The summed E-state index contributed by atoms with van der Waals surface area (Å²) in [6.07, 6.45) is 2.13. The predicted molar refractivity (Wildman–Crippen MR) is 93.9 cm³/mol. The van der Waals surface area contributed by atoms with Crippen molar-refractivity contribution < 1.29 is 9.90 Å². The Bertz CT molecular complexity index is 905.